The third-order valence-corrected chi connectivity index (χ3v) is 6.90. The summed E-state index contributed by atoms with van der Waals surface area (Å²) in [4.78, 5) is 29.5. The van der Waals surface area contributed by atoms with Crippen LogP contribution in [0.2, 0.25) is 0 Å². The van der Waals surface area contributed by atoms with E-state index in [0.29, 0.717) is 43.4 Å². The number of carbonyl (C=O) groups excluding carboxylic acids is 2. The summed E-state index contributed by atoms with van der Waals surface area (Å²) in [5.74, 6) is 1.35. The zero-order valence-corrected chi connectivity index (χ0v) is 21.8. The van der Waals surface area contributed by atoms with E-state index in [2.05, 4.69) is 5.32 Å². The fourth-order valence-electron chi connectivity index (χ4n) is 4.96. The van der Waals surface area contributed by atoms with Crippen LogP contribution >= 0.6 is 0 Å². The Hall–Kier alpha value is -3.26. The summed E-state index contributed by atoms with van der Waals surface area (Å²) >= 11 is 0. The molecule has 0 spiro atoms. The number of fused-ring (bicyclic) bond motifs is 1. The highest BCUT2D eigenvalue weighted by Gasteiger charge is 2.38. The topological polar surface area (TPSA) is 86.3 Å². The Kier molecular flexibility index (Phi) is 9.65. The van der Waals surface area contributed by atoms with E-state index < -0.39 is 12.1 Å². The normalized spacial score (nSPS) is 18.1. The second kappa shape index (κ2) is 13.3. The van der Waals surface area contributed by atoms with Crippen molar-refractivity contribution in [3.63, 3.8) is 0 Å². The molecule has 1 N–H and O–H groups in total. The van der Waals surface area contributed by atoms with E-state index in [1.165, 1.54) is 6.42 Å². The number of rotatable bonds is 11. The van der Waals surface area contributed by atoms with Gasteiger partial charge in [0, 0.05) is 25.8 Å². The molecule has 200 valence electrons. The van der Waals surface area contributed by atoms with E-state index >= 15 is 0 Å². The molecule has 2 unspecified atom stereocenters. The molecule has 2 aromatic carbocycles. The first-order valence-electron chi connectivity index (χ1n) is 13.3. The van der Waals surface area contributed by atoms with Crippen LogP contribution in [0, 0.1) is 0 Å². The molecule has 0 bridgehead atoms. The van der Waals surface area contributed by atoms with Gasteiger partial charge in [-0.05, 0) is 56.0 Å². The fraction of sp³-hybridized carbons (Fsp3) is 0.517. The summed E-state index contributed by atoms with van der Waals surface area (Å²) in [5, 5.41) is 3.23. The number of carbonyl (C=O) groups is 2. The molecule has 0 aromatic heterocycles. The first kappa shape index (κ1) is 26.8. The maximum atomic E-state index is 14.0. The van der Waals surface area contributed by atoms with Gasteiger partial charge < -0.3 is 29.2 Å². The average Bonchev–Trinajstić information content (AvgIpc) is 2.94. The van der Waals surface area contributed by atoms with Gasteiger partial charge in [0.1, 0.15) is 18.4 Å². The van der Waals surface area contributed by atoms with Gasteiger partial charge in [0.2, 0.25) is 12.0 Å². The van der Waals surface area contributed by atoms with Gasteiger partial charge >= 0.3 is 0 Å². The second-order valence-corrected chi connectivity index (χ2v) is 9.47. The Morgan fingerprint density at radius 3 is 2.49 bits per heavy atom. The fourth-order valence-corrected chi connectivity index (χ4v) is 4.96. The molecule has 1 heterocycles. The highest BCUT2D eigenvalue weighted by molar-refractivity contribution is 5.91. The Balaban J connectivity index is 1.62. The summed E-state index contributed by atoms with van der Waals surface area (Å²) < 4.78 is 22.8. The summed E-state index contributed by atoms with van der Waals surface area (Å²) in [6, 6.07) is 13.9. The van der Waals surface area contributed by atoms with Crippen LogP contribution in [-0.2, 0) is 14.3 Å². The first-order valence-corrected chi connectivity index (χ1v) is 13.3. The lowest BCUT2D eigenvalue weighted by molar-refractivity contribution is -0.149. The zero-order chi connectivity index (χ0) is 26.0. The van der Waals surface area contributed by atoms with Crippen LogP contribution < -0.4 is 19.5 Å². The van der Waals surface area contributed by atoms with E-state index in [4.69, 9.17) is 18.9 Å². The second-order valence-electron chi connectivity index (χ2n) is 9.47. The molecule has 2 atom stereocenters. The number of ether oxygens (including phenoxy) is 4. The highest BCUT2D eigenvalue weighted by atomic mass is 16.6. The summed E-state index contributed by atoms with van der Waals surface area (Å²) in [7, 11) is 1.60. The number of amides is 2. The molecule has 4 rings (SSSR count). The number of hydrogen-bond acceptors (Lipinski definition) is 6. The first-order chi connectivity index (χ1) is 18.1. The predicted molar refractivity (Wildman–Crippen MR) is 140 cm³/mol. The molecule has 1 aliphatic carbocycles. The lowest BCUT2D eigenvalue weighted by Crippen LogP contribution is -2.52. The maximum absolute atomic E-state index is 14.0. The summed E-state index contributed by atoms with van der Waals surface area (Å²) in [6.45, 7) is 3.44. The van der Waals surface area contributed by atoms with E-state index in [0.717, 1.165) is 31.2 Å². The molecule has 0 saturated heterocycles. The van der Waals surface area contributed by atoms with Gasteiger partial charge in [-0.1, -0.05) is 43.5 Å². The van der Waals surface area contributed by atoms with Crippen molar-refractivity contribution >= 4 is 11.8 Å². The van der Waals surface area contributed by atoms with Crippen molar-refractivity contribution < 1.29 is 28.5 Å². The van der Waals surface area contributed by atoms with Crippen molar-refractivity contribution in [3.05, 3.63) is 54.1 Å². The number of nitrogens with zero attached hydrogens (tertiary/aromatic N) is 1. The summed E-state index contributed by atoms with van der Waals surface area (Å²) in [5.41, 5.74) is 0.719. The third kappa shape index (κ3) is 6.95. The highest BCUT2D eigenvalue weighted by Crippen LogP contribution is 2.33. The number of hydrogen-bond donors (Lipinski definition) is 1. The van der Waals surface area contributed by atoms with Gasteiger partial charge in [-0.15, -0.1) is 0 Å². The minimum absolute atomic E-state index is 0.0807. The Labute approximate surface area is 219 Å². The van der Waals surface area contributed by atoms with Crippen LogP contribution in [0.5, 0.6) is 17.2 Å². The lowest BCUT2D eigenvalue weighted by atomic mass is 9.94. The van der Waals surface area contributed by atoms with Crippen molar-refractivity contribution in [2.45, 2.75) is 63.6 Å². The number of nitrogens with one attached hydrogen (secondary N) is 1. The number of para-hydroxylation sites is 2. The van der Waals surface area contributed by atoms with Crippen LogP contribution in [0.25, 0.3) is 0 Å². The largest absolute Gasteiger partial charge is 0.497 e. The van der Waals surface area contributed by atoms with Crippen molar-refractivity contribution in [2.24, 2.45) is 0 Å². The van der Waals surface area contributed by atoms with Crippen molar-refractivity contribution in [1.82, 2.24) is 10.2 Å². The zero-order valence-electron chi connectivity index (χ0n) is 21.8. The molecule has 8 heteroatoms. The van der Waals surface area contributed by atoms with Crippen LogP contribution in [-0.4, -0.2) is 62.3 Å². The summed E-state index contributed by atoms with van der Waals surface area (Å²) in [6.07, 6.45) is 5.03. The van der Waals surface area contributed by atoms with Crippen molar-refractivity contribution in [3.8, 4) is 17.2 Å². The van der Waals surface area contributed by atoms with Gasteiger partial charge in [0.05, 0.1) is 7.11 Å². The monoisotopic (exact) mass is 510 g/mol. The van der Waals surface area contributed by atoms with Crippen molar-refractivity contribution in [1.29, 1.82) is 0 Å². The molecule has 2 aromatic rings. The van der Waals surface area contributed by atoms with E-state index in [-0.39, 0.29) is 24.5 Å². The molecule has 2 amide bonds. The number of benzene rings is 2. The molecule has 0 radical (unpaired) electrons. The van der Waals surface area contributed by atoms with Crippen molar-refractivity contribution in [2.75, 3.05) is 33.5 Å². The quantitative estimate of drug-likeness (QED) is 0.454. The molecule has 8 nitrogen and oxygen atoms in total. The molecule has 2 aliphatic rings. The molecule has 1 saturated carbocycles. The third-order valence-electron chi connectivity index (χ3n) is 6.90. The Bertz CT molecular complexity index is 1020. The van der Waals surface area contributed by atoms with Gasteiger partial charge in [-0.25, -0.2) is 0 Å². The van der Waals surface area contributed by atoms with E-state index in [1.54, 1.807) is 18.1 Å². The van der Waals surface area contributed by atoms with Crippen LogP contribution in [0.4, 0.5) is 0 Å². The van der Waals surface area contributed by atoms with E-state index in [1.807, 2.05) is 49.4 Å². The average molecular weight is 511 g/mol. The lowest BCUT2D eigenvalue weighted by Gasteiger charge is -2.36. The van der Waals surface area contributed by atoms with Gasteiger partial charge in [0.15, 0.2) is 11.5 Å². The van der Waals surface area contributed by atoms with E-state index in [9.17, 15) is 9.59 Å². The Morgan fingerprint density at radius 1 is 1.05 bits per heavy atom. The van der Waals surface area contributed by atoms with Crippen LogP contribution in [0.3, 0.4) is 0 Å². The van der Waals surface area contributed by atoms with Crippen LogP contribution in [0.15, 0.2) is 48.5 Å². The minimum Gasteiger partial charge on any atom is -0.497 e. The maximum Gasteiger partial charge on any atom is 0.268 e. The Morgan fingerprint density at radius 2 is 1.78 bits per heavy atom. The standard InChI is InChI=1S/C29H38N2O6/c1-3-35-19-9-18-31(29(33)26-20-36-24-12-7-8-13-25(24)37-26)27(21-14-16-23(34-2)17-15-21)28(32)30-22-10-5-4-6-11-22/h7-8,12-17,22,26-27H,3-6,9-11,18-20H2,1-2H3,(H,30,32). The molecule has 1 aliphatic heterocycles. The smallest absolute Gasteiger partial charge is 0.268 e. The number of methoxy groups -OCH3 is 1. The van der Waals surface area contributed by atoms with Gasteiger partial charge in [0.25, 0.3) is 5.91 Å². The van der Waals surface area contributed by atoms with Gasteiger partial charge in [-0.2, -0.15) is 0 Å². The SMILES string of the molecule is CCOCCCN(C(=O)C1COc2ccccc2O1)C(C(=O)NC1CCCCC1)c1ccc(OC)cc1. The predicted octanol–water partition coefficient (Wildman–Crippen LogP) is 4.28. The van der Waals surface area contributed by atoms with Crippen LogP contribution in [0.1, 0.15) is 57.1 Å². The molecular weight excluding hydrogens is 472 g/mol. The minimum atomic E-state index is -0.856. The molecule has 37 heavy (non-hydrogen) atoms. The molecule has 1 fully saturated rings. The van der Waals surface area contributed by atoms with Gasteiger partial charge in [-0.3, -0.25) is 9.59 Å². The molecular formula is C29H38N2O6.